The number of amides is 3. The first-order chi connectivity index (χ1) is 12.0. The largest absolute Gasteiger partial charge is 0.368 e. The van der Waals surface area contributed by atoms with Crippen LogP contribution in [0, 0.1) is 5.92 Å². The van der Waals surface area contributed by atoms with Gasteiger partial charge in [0.1, 0.15) is 0 Å². The summed E-state index contributed by atoms with van der Waals surface area (Å²) < 4.78 is 26.6. The highest BCUT2D eigenvalue weighted by Crippen LogP contribution is 2.32. The summed E-state index contributed by atoms with van der Waals surface area (Å²) in [5, 5.41) is 9.20. The van der Waals surface area contributed by atoms with E-state index >= 15 is 0 Å². The van der Waals surface area contributed by atoms with E-state index in [0.29, 0.717) is 24.4 Å². The number of imide groups is 1. The number of halogens is 2. The Balaban J connectivity index is 1.62. The number of fused-ring (bicyclic) bond motifs is 1. The van der Waals surface area contributed by atoms with Crippen LogP contribution in [0.5, 0.6) is 0 Å². The Morgan fingerprint density at radius 1 is 1.32 bits per heavy atom. The smallest absolute Gasteiger partial charge is 0.321 e. The summed E-state index contributed by atoms with van der Waals surface area (Å²) >= 11 is 0. The second-order valence-electron chi connectivity index (χ2n) is 6.30. The Bertz CT molecular complexity index is 833. The summed E-state index contributed by atoms with van der Waals surface area (Å²) in [4.78, 5) is 29.5. The van der Waals surface area contributed by atoms with Gasteiger partial charge in [-0.05, 0) is 12.0 Å². The lowest BCUT2D eigenvalue weighted by Crippen LogP contribution is -2.51. The van der Waals surface area contributed by atoms with Gasteiger partial charge in [0.05, 0.1) is 17.3 Å². The third-order valence-electron chi connectivity index (χ3n) is 4.54. The first-order valence-corrected chi connectivity index (χ1v) is 7.97. The van der Waals surface area contributed by atoms with E-state index in [9.17, 15) is 18.4 Å². The number of urea groups is 1. The number of nitrogens with zero attached hydrogens (tertiary/aromatic N) is 4. The zero-order valence-electron chi connectivity index (χ0n) is 13.2. The number of nitrogens with one attached hydrogen (secondary N) is 2. The van der Waals surface area contributed by atoms with Gasteiger partial charge in [0.15, 0.2) is 5.65 Å². The van der Waals surface area contributed by atoms with Crippen molar-refractivity contribution in [1.29, 1.82) is 0 Å². The predicted molar refractivity (Wildman–Crippen MR) is 83.6 cm³/mol. The fourth-order valence-corrected chi connectivity index (χ4v) is 3.26. The van der Waals surface area contributed by atoms with E-state index in [1.165, 1.54) is 0 Å². The number of alkyl halides is 2. The monoisotopic (exact) mass is 350 g/mol. The number of hydrogen-bond donors (Lipinski definition) is 2. The van der Waals surface area contributed by atoms with Crippen molar-refractivity contribution in [2.24, 2.45) is 5.92 Å². The molecule has 2 saturated heterocycles. The van der Waals surface area contributed by atoms with Gasteiger partial charge >= 0.3 is 6.03 Å². The molecule has 2 N–H and O–H groups in total. The molecule has 0 radical (unpaired) electrons. The quantitative estimate of drug-likeness (QED) is 0.849. The molecule has 10 heteroatoms. The zero-order valence-corrected chi connectivity index (χ0v) is 13.2. The van der Waals surface area contributed by atoms with E-state index in [-0.39, 0.29) is 18.9 Å². The maximum Gasteiger partial charge on any atom is 0.321 e. The van der Waals surface area contributed by atoms with E-state index in [4.69, 9.17) is 0 Å². The van der Waals surface area contributed by atoms with Gasteiger partial charge < -0.3 is 10.2 Å². The van der Waals surface area contributed by atoms with Crippen molar-refractivity contribution in [2.75, 3.05) is 24.5 Å². The van der Waals surface area contributed by atoms with Crippen LogP contribution in [0.4, 0.5) is 19.3 Å². The molecule has 2 aromatic heterocycles. The molecule has 3 amide bonds. The van der Waals surface area contributed by atoms with Gasteiger partial charge in [0.25, 0.3) is 0 Å². The second kappa shape index (κ2) is 5.94. The van der Waals surface area contributed by atoms with Crippen LogP contribution in [0.15, 0.2) is 18.5 Å². The average molecular weight is 350 g/mol. The Labute approximate surface area is 141 Å². The summed E-state index contributed by atoms with van der Waals surface area (Å²) in [6.07, 6.45) is 0.837. The zero-order chi connectivity index (χ0) is 17.6. The van der Waals surface area contributed by atoms with Crippen molar-refractivity contribution in [3.8, 4) is 0 Å². The van der Waals surface area contributed by atoms with Crippen LogP contribution >= 0.6 is 0 Å². The van der Waals surface area contributed by atoms with Crippen LogP contribution < -0.4 is 15.5 Å². The standard InChI is InChI=1S/C15H16F2N6O2/c16-12(17)3-8-6-22(7-8)11-4-10(21-23-2-1-18-13(11)23)9-5-19-15(25)20-14(9)24/h1-2,4,8-9,12H,3,5-7H2,(H2,19,20,24,25). The van der Waals surface area contributed by atoms with Crippen LogP contribution in [-0.4, -0.2) is 52.6 Å². The second-order valence-corrected chi connectivity index (χ2v) is 6.30. The lowest BCUT2D eigenvalue weighted by atomic mass is 9.95. The van der Waals surface area contributed by atoms with Gasteiger partial charge in [-0.25, -0.2) is 23.1 Å². The molecule has 2 aliphatic heterocycles. The number of imidazole rings is 1. The van der Waals surface area contributed by atoms with Crippen molar-refractivity contribution in [1.82, 2.24) is 25.2 Å². The summed E-state index contributed by atoms with van der Waals surface area (Å²) in [7, 11) is 0. The van der Waals surface area contributed by atoms with Crippen LogP contribution in [-0.2, 0) is 4.79 Å². The van der Waals surface area contributed by atoms with Crippen molar-refractivity contribution in [3.05, 3.63) is 24.2 Å². The third-order valence-corrected chi connectivity index (χ3v) is 4.54. The first-order valence-electron chi connectivity index (χ1n) is 7.97. The minimum atomic E-state index is -2.30. The minimum Gasteiger partial charge on any atom is -0.368 e. The predicted octanol–water partition coefficient (Wildman–Crippen LogP) is 0.744. The first kappa shape index (κ1) is 15.7. The number of hydrogen-bond acceptors (Lipinski definition) is 5. The van der Waals surface area contributed by atoms with Crippen molar-refractivity contribution < 1.29 is 18.4 Å². The van der Waals surface area contributed by atoms with E-state index in [1.807, 2.05) is 4.90 Å². The number of aromatic nitrogens is 3. The minimum absolute atomic E-state index is 0.0519. The normalized spacial score (nSPS) is 21.4. The van der Waals surface area contributed by atoms with Gasteiger partial charge in [0.2, 0.25) is 12.3 Å². The maximum atomic E-state index is 12.5. The molecule has 0 spiro atoms. The molecule has 4 rings (SSSR count). The molecule has 2 aliphatic rings. The van der Waals surface area contributed by atoms with Crippen LogP contribution in [0.2, 0.25) is 0 Å². The fraction of sp³-hybridized carbons (Fsp3) is 0.467. The van der Waals surface area contributed by atoms with Crippen molar-refractivity contribution in [2.45, 2.75) is 18.8 Å². The lowest BCUT2D eigenvalue weighted by Gasteiger charge is -2.41. The van der Waals surface area contributed by atoms with Crippen LogP contribution in [0.25, 0.3) is 5.65 Å². The lowest BCUT2D eigenvalue weighted by molar-refractivity contribution is -0.122. The average Bonchev–Trinajstić information content (AvgIpc) is 2.98. The van der Waals surface area contributed by atoms with Gasteiger partial charge in [-0.2, -0.15) is 5.10 Å². The highest BCUT2D eigenvalue weighted by atomic mass is 19.3. The molecule has 0 bridgehead atoms. The molecular formula is C15H16F2N6O2. The molecule has 1 atom stereocenters. The van der Waals surface area contributed by atoms with Crippen LogP contribution in [0.3, 0.4) is 0 Å². The number of anilines is 1. The fourth-order valence-electron chi connectivity index (χ4n) is 3.26. The number of carbonyl (C=O) groups is 2. The molecule has 2 aromatic rings. The molecular weight excluding hydrogens is 334 g/mol. The molecule has 1 unspecified atom stereocenters. The topological polar surface area (TPSA) is 91.6 Å². The SMILES string of the molecule is O=C1NCC(c2cc(N3CC(CC(F)F)C3)c3nccn3n2)C(=O)N1. The van der Waals surface area contributed by atoms with Crippen LogP contribution in [0.1, 0.15) is 18.0 Å². The summed E-state index contributed by atoms with van der Waals surface area (Å²) in [6, 6.07) is 1.23. The highest BCUT2D eigenvalue weighted by Gasteiger charge is 2.34. The molecule has 2 fully saturated rings. The third kappa shape index (κ3) is 2.87. The molecule has 0 aliphatic carbocycles. The highest BCUT2D eigenvalue weighted by molar-refractivity contribution is 6.00. The summed E-state index contributed by atoms with van der Waals surface area (Å²) in [6.45, 7) is 1.19. The molecule has 4 heterocycles. The van der Waals surface area contributed by atoms with Gasteiger partial charge in [-0.3, -0.25) is 10.1 Å². The van der Waals surface area contributed by atoms with Gasteiger partial charge in [-0.1, -0.05) is 0 Å². The molecule has 132 valence electrons. The van der Waals surface area contributed by atoms with E-state index in [0.717, 1.165) is 5.69 Å². The molecule has 8 nitrogen and oxygen atoms in total. The molecule has 25 heavy (non-hydrogen) atoms. The Morgan fingerprint density at radius 2 is 2.12 bits per heavy atom. The van der Waals surface area contributed by atoms with Crippen molar-refractivity contribution >= 4 is 23.3 Å². The van der Waals surface area contributed by atoms with Crippen molar-refractivity contribution in [3.63, 3.8) is 0 Å². The van der Waals surface area contributed by atoms with E-state index in [1.54, 1.807) is 23.0 Å². The summed E-state index contributed by atoms with van der Waals surface area (Å²) in [5.74, 6) is -1.08. The Morgan fingerprint density at radius 3 is 2.84 bits per heavy atom. The summed E-state index contributed by atoms with van der Waals surface area (Å²) in [5.41, 5.74) is 1.86. The van der Waals surface area contributed by atoms with E-state index in [2.05, 4.69) is 20.7 Å². The Kier molecular flexibility index (Phi) is 3.74. The molecule has 0 aromatic carbocycles. The van der Waals surface area contributed by atoms with Gasteiger partial charge in [0, 0.05) is 38.4 Å². The molecule has 0 saturated carbocycles. The van der Waals surface area contributed by atoms with E-state index < -0.39 is 24.3 Å². The number of rotatable bonds is 4. The Hall–Kier alpha value is -2.78. The maximum absolute atomic E-state index is 12.5. The number of carbonyl (C=O) groups excluding carboxylic acids is 2. The van der Waals surface area contributed by atoms with Gasteiger partial charge in [-0.15, -0.1) is 0 Å².